The highest BCUT2D eigenvalue weighted by atomic mass is 32.1. The second-order valence-electron chi connectivity index (χ2n) is 3.38. The predicted molar refractivity (Wildman–Crippen MR) is 67.0 cm³/mol. The predicted octanol–water partition coefficient (Wildman–Crippen LogP) is 2.16. The normalized spacial score (nSPS) is 9.94. The molecule has 2 aromatic rings. The molecule has 0 aliphatic heterocycles. The second-order valence-corrected chi connectivity index (χ2v) is 3.77. The quantitative estimate of drug-likeness (QED) is 0.797. The minimum atomic E-state index is -0.230. The second kappa shape index (κ2) is 4.84. The van der Waals surface area contributed by atoms with Crippen molar-refractivity contribution in [2.45, 2.75) is 6.92 Å². The van der Waals surface area contributed by atoms with Crippen LogP contribution in [0.25, 0.3) is 11.4 Å². The zero-order valence-electron chi connectivity index (χ0n) is 9.10. The van der Waals surface area contributed by atoms with Crippen molar-refractivity contribution < 1.29 is 4.79 Å². The highest BCUT2D eigenvalue weighted by Gasteiger charge is 2.04. The Kier molecular flexibility index (Phi) is 3.24. The number of benzene rings is 1. The molecule has 0 aliphatic carbocycles. The molecular formula is C11H10N4OS. The summed E-state index contributed by atoms with van der Waals surface area (Å²) >= 11 is 5.05. The molecule has 17 heavy (non-hydrogen) atoms. The summed E-state index contributed by atoms with van der Waals surface area (Å²) in [5, 5.41) is 9.23. The number of H-pyrrole nitrogens is 1. The molecule has 6 heteroatoms. The van der Waals surface area contributed by atoms with Crippen molar-refractivity contribution in [3.63, 3.8) is 0 Å². The zero-order chi connectivity index (χ0) is 12.3. The van der Waals surface area contributed by atoms with E-state index in [0.717, 1.165) is 5.56 Å². The van der Waals surface area contributed by atoms with Crippen LogP contribution in [-0.4, -0.2) is 21.1 Å². The van der Waals surface area contributed by atoms with Crippen molar-refractivity contribution >= 4 is 23.9 Å². The first-order chi connectivity index (χ1) is 8.16. The van der Waals surface area contributed by atoms with Crippen molar-refractivity contribution in [2.75, 3.05) is 5.32 Å². The van der Waals surface area contributed by atoms with E-state index in [1.54, 1.807) is 0 Å². The fourth-order valence-electron chi connectivity index (χ4n) is 1.31. The number of nitrogens with zero attached hydrogens (tertiary/aromatic N) is 2. The fourth-order valence-corrected chi connectivity index (χ4v) is 1.50. The zero-order valence-corrected chi connectivity index (χ0v) is 9.91. The Morgan fingerprint density at radius 2 is 2.06 bits per heavy atom. The van der Waals surface area contributed by atoms with Gasteiger partial charge in [0.25, 0.3) is 0 Å². The standard InChI is InChI=1S/C11H10N4OS/c1-7(16)12-10-11(17)13-9(14-15-10)8-5-3-2-4-6-8/h2-6H,1H3,(H,12,15,16)(H,13,14,17). The SMILES string of the molecule is CC(=O)Nc1n[nH]c(-c2ccccc2)nc1=S. The van der Waals surface area contributed by atoms with Crippen LogP contribution < -0.4 is 5.32 Å². The maximum Gasteiger partial charge on any atom is 0.222 e. The smallest absolute Gasteiger partial charge is 0.222 e. The molecule has 0 aliphatic rings. The maximum atomic E-state index is 10.9. The number of nitrogens with one attached hydrogen (secondary N) is 2. The van der Waals surface area contributed by atoms with Crippen LogP contribution in [0.3, 0.4) is 0 Å². The van der Waals surface area contributed by atoms with Gasteiger partial charge >= 0.3 is 0 Å². The average Bonchev–Trinajstić information content (AvgIpc) is 2.32. The van der Waals surface area contributed by atoms with Gasteiger partial charge in [0.1, 0.15) is 0 Å². The lowest BCUT2D eigenvalue weighted by molar-refractivity contribution is -0.114. The molecule has 0 saturated carbocycles. The van der Waals surface area contributed by atoms with Gasteiger partial charge < -0.3 is 5.32 Å². The first-order valence-electron chi connectivity index (χ1n) is 4.96. The summed E-state index contributed by atoms with van der Waals surface area (Å²) < 4.78 is 0.262. The van der Waals surface area contributed by atoms with Gasteiger partial charge in [0.2, 0.25) is 5.91 Å². The minimum absolute atomic E-state index is 0.230. The Labute approximate surface area is 103 Å². The highest BCUT2D eigenvalue weighted by molar-refractivity contribution is 7.71. The van der Waals surface area contributed by atoms with E-state index in [4.69, 9.17) is 12.2 Å². The highest BCUT2D eigenvalue weighted by Crippen LogP contribution is 2.14. The average molecular weight is 246 g/mol. The van der Waals surface area contributed by atoms with Crippen molar-refractivity contribution in [2.24, 2.45) is 0 Å². The summed E-state index contributed by atoms with van der Waals surface area (Å²) in [6.45, 7) is 1.39. The number of carbonyl (C=O) groups excluding carboxylic acids is 1. The van der Waals surface area contributed by atoms with Crippen LogP contribution in [0.2, 0.25) is 0 Å². The maximum absolute atomic E-state index is 10.9. The van der Waals surface area contributed by atoms with Crippen LogP contribution in [0.15, 0.2) is 30.3 Å². The van der Waals surface area contributed by atoms with Gasteiger partial charge in [-0.2, -0.15) is 5.10 Å². The number of aromatic nitrogens is 3. The number of rotatable bonds is 2. The van der Waals surface area contributed by atoms with Crippen molar-refractivity contribution in [3.05, 3.63) is 35.0 Å². The lowest BCUT2D eigenvalue weighted by Gasteiger charge is -2.03. The first kappa shape index (κ1) is 11.4. The fraction of sp³-hybridized carbons (Fsp3) is 0.0909. The minimum Gasteiger partial charge on any atom is -0.307 e. The molecule has 1 amide bonds. The Bertz CT molecular complexity index is 594. The third-order valence-corrected chi connectivity index (χ3v) is 2.32. The van der Waals surface area contributed by atoms with E-state index >= 15 is 0 Å². The number of carbonyl (C=O) groups is 1. The van der Waals surface area contributed by atoms with E-state index in [2.05, 4.69) is 20.5 Å². The topological polar surface area (TPSA) is 70.7 Å². The third kappa shape index (κ3) is 2.73. The molecule has 0 unspecified atom stereocenters. The lowest BCUT2D eigenvalue weighted by Crippen LogP contribution is -2.10. The first-order valence-corrected chi connectivity index (χ1v) is 5.37. The Hall–Kier alpha value is -2.08. The number of hydrogen-bond acceptors (Lipinski definition) is 4. The molecule has 1 aromatic heterocycles. The molecule has 5 nitrogen and oxygen atoms in total. The molecule has 0 bridgehead atoms. The molecule has 0 fully saturated rings. The van der Waals surface area contributed by atoms with E-state index in [1.165, 1.54) is 6.92 Å². The summed E-state index contributed by atoms with van der Waals surface area (Å²) in [6, 6.07) is 9.50. The number of hydrogen-bond donors (Lipinski definition) is 2. The summed E-state index contributed by atoms with van der Waals surface area (Å²) in [6.07, 6.45) is 0. The summed E-state index contributed by atoms with van der Waals surface area (Å²) in [5.41, 5.74) is 0.889. The van der Waals surface area contributed by atoms with Gasteiger partial charge in [0.15, 0.2) is 16.3 Å². The largest absolute Gasteiger partial charge is 0.307 e. The van der Waals surface area contributed by atoms with Gasteiger partial charge in [-0.25, -0.2) is 4.98 Å². The van der Waals surface area contributed by atoms with Crippen LogP contribution >= 0.6 is 12.2 Å². The Morgan fingerprint density at radius 3 is 2.65 bits per heavy atom. The van der Waals surface area contributed by atoms with Crippen molar-refractivity contribution in [1.29, 1.82) is 0 Å². The molecule has 0 atom stereocenters. The molecule has 1 heterocycles. The summed E-state index contributed by atoms with van der Waals surface area (Å²) in [7, 11) is 0. The van der Waals surface area contributed by atoms with Crippen LogP contribution in [0.1, 0.15) is 6.92 Å². The van der Waals surface area contributed by atoms with Gasteiger partial charge in [0.05, 0.1) is 0 Å². The van der Waals surface area contributed by atoms with Gasteiger partial charge in [-0.05, 0) is 0 Å². The van der Waals surface area contributed by atoms with Gasteiger partial charge in [0, 0.05) is 12.5 Å². The number of amides is 1. The summed E-state index contributed by atoms with van der Waals surface area (Å²) in [4.78, 5) is 15.1. The molecular weight excluding hydrogens is 236 g/mol. The van der Waals surface area contributed by atoms with E-state index in [1.807, 2.05) is 30.3 Å². The van der Waals surface area contributed by atoms with E-state index < -0.39 is 0 Å². The summed E-state index contributed by atoms with van der Waals surface area (Å²) in [5.74, 6) is 0.614. The van der Waals surface area contributed by atoms with Crippen LogP contribution in [-0.2, 0) is 4.79 Å². The van der Waals surface area contributed by atoms with Crippen LogP contribution in [0, 0.1) is 4.64 Å². The lowest BCUT2D eigenvalue weighted by atomic mass is 10.2. The van der Waals surface area contributed by atoms with Gasteiger partial charge in [-0.3, -0.25) is 9.89 Å². The van der Waals surface area contributed by atoms with E-state index in [-0.39, 0.29) is 16.4 Å². The molecule has 2 rings (SSSR count). The van der Waals surface area contributed by atoms with E-state index in [9.17, 15) is 4.79 Å². The van der Waals surface area contributed by atoms with E-state index in [0.29, 0.717) is 5.82 Å². The molecule has 0 radical (unpaired) electrons. The monoisotopic (exact) mass is 246 g/mol. The van der Waals surface area contributed by atoms with Gasteiger partial charge in [-0.1, -0.05) is 42.5 Å². The van der Waals surface area contributed by atoms with Crippen molar-refractivity contribution in [1.82, 2.24) is 15.2 Å². The molecule has 2 N–H and O–H groups in total. The van der Waals surface area contributed by atoms with Crippen LogP contribution in [0.5, 0.6) is 0 Å². The molecule has 0 spiro atoms. The Morgan fingerprint density at radius 1 is 1.35 bits per heavy atom. The molecule has 86 valence electrons. The van der Waals surface area contributed by atoms with Crippen LogP contribution in [0.4, 0.5) is 5.82 Å². The number of aromatic amines is 1. The molecule has 1 aromatic carbocycles. The molecule has 0 saturated heterocycles. The number of anilines is 1. The Balaban J connectivity index is 2.38. The van der Waals surface area contributed by atoms with Gasteiger partial charge in [-0.15, -0.1) is 0 Å². The van der Waals surface area contributed by atoms with Crippen molar-refractivity contribution in [3.8, 4) is 11.4 Å². The third-order valence-electron chi connectivity index (χ3n) is 2.03.